The number of carbonyl (C=O) groups is 2. The van der Waals surface area contributed by atoms with Crippen LogP contribution in [0, 0.1) is 0 Å². The van der Waals surface area contributed by atoms with Gasteiger partial charge in [-0.05, 0) is 5.56 Å². The fourth-order valence-electron chi connectivity index (χ4n) is 4.14. The summed E-state index contributed by atoms with van der Waals surface area (Å²) in [5, 5.41) is 10.8. The van der Waals surface area contributed by atoms with Crippen molar-refractivity contribution in [2.45, 2.75) is 38.1 Å². The molecule has 2 aromatic rings. The maximum atomic E-state index is 14.1. The standard InChI is InChI=1S/C22H29FN6O3/c23-18-12-19(29(14-18)21(30)6-7-27-8-10-32-11-9-27)15-28-16-20(25-26-28)22(31)24-13-17-4-2-1-3-5-17/h1-5,16,18-19H,6-15H2,(H,24,31). The first-order valence-corrected chi connectivity index (χ1v) is 11.0. The van der Waals surface area contributed by atoms with Gasteiger partial charge in [0.1, 0.15) is 6.17 Å². The lowest BCUT2D eigenvalue weighted by Gasteiger charge is -2.28. The largest absolute Gasteiger partial charge is 0.379 e. The van der Waals surface area contributed by atoms with E-state index in [4.69, 9.17) is 4.74 Å². The van der Waals surface area contributed by atoms with Crippen LogP contribution in [0.4, 0.5) is 4.39 Å². The van der Waals surface area contributed by atoms with Crippen LogP contribution in [0.1, 0.15) is 28.9 Å². The zero-order valence-corrected chi connectivity index (χ0v) is 18.0. The topological polar surface area (TPSA) is 92.6 Å². The minimum absolute atomic E-state index is 0.0532. The summed E-state index contributed by atoms with van der Waals surface area (Å²) in [4.78, 5) is 28.9. The van der Waals surface area contributed by atoms with Crippen LogP contribution >= 0.6 is 0 Å². The number of likely N-dealkylation sites (tertiary alicyclic amines) is 1. The molecule has 2 atom stereocenters. The minimum atomic E-state index is -1.05. The molecule has 0 spiro atoms. The number of rotatable bonds is 8. The van der Waals surface area contributed by atoms with Crippen molar-refractivity contribution in [3.8, 4) is 0 Å². The number of nitrogens with one attached hydrogen (secondary N) is 1. The van der Waals surface area contributed by atoms with Crippen molar-refractivity contribution in [3.05, 3.63) is 47.8 Å². The number of hydrogen-bond donors (Lipinski definition) is 1. The number of nitrogens with zero attached hydrogens (tertiary/aromatic N) is 5. The molecule has 1 N–H and O–H groups in total. The average molecular weight is 445 g/mol. The van der Waals surface area contributed by atoms with Gasteiger partial charge in [-0.2, -0.15) is 0 Å². The molecule has 2 saturated heterocycles. The number of halogens is 1. The predicted octanol–water partition coefficient (Wildman–Crippen LogP) is 0.869. The van der Waals surface area contributed by atoms with Crippen molar-refractivity contribution in [2.24, 2.45) is 0 Å². The third-order valence-electron chi connectivity index (χ3n) is 5.89. The van der Waals surface area contributed by atoms with E-state index in [0.29, 0.717) is 39.3 Å². The van der Waals surface area contributed by atoms with Gasteiger partial charge < -0.3 is 15.0 Å². The molecule has 0 bridgehead atoms. The summed E-state index contributed by atoms with van der Waals surface area (Å²) in [5.41, 5.74) is 1.18. The maximum absolute atomic E-state index is 14.1. The minimum Gasteiger partial charge on any atom is -0.379 e. The molecule has 10 heteroatoms. The van der Waals surface area contributed by atoms with E-state index in [-0.39, 0.29) is 36.5 Å². The molecular weight excluding hydrogens is 415 g/mol. The van der Waals surface area contributed by atoms with Crippen molar-refractivity contribution in [3.63, 3.8) is 0 Å². The molecule has 0 radical (unpaired) electrons. The number of ether oxygens (including phenoxy) is 1. The molecule has 172 valence electrons. The molecule has 1 aromatic heterocycles. The number of hydrogen-bond acceptors (Lipinski definition) is 6. The second-order valence-corrected chi connectivity index (χ2v) is 8.23. The number of aromatic nitrogens is 3. The third kappa shape index (κ3) is 5.89. The van der Waals surface area contributed by atoms with Gasteiger partial charge in [0, 0.05) is 39.0 Å². The first-order valence-electron chi connectivity index (χ1n) is 11.0. The number of morpholine rings is 1. The highest BCUT2D eigenvalue weighted by molar-refractivity contribution is 5.91. The Labute approximate surface area is 186 Å². The van der Waals surface area contributed by atoms with E-state index in [0.717, 1.165) is 18.7 Å². The summed E-state index contributed by atoms with van der Waals surface area (Å²) in [7, 11) is 0. The van der Waals surface area contributed by atoms with Gasteiger partial charge >= 0.3 is 0 Å². The highest BCUT2D eigenvalue weighted by Crippen LogP contribution is 2.23. The molecule has 2 amide bonds. The quantitative estimate of drug-likeness (QED) is 0.650. The Kier molecular flexibility index (Phi) is 7.43. The van der Waals surface area contributed by atoms with E-state index < -0.39 is 6.17 Å². The molecule has 0 saturated carbocycles. The monoisotopic (exact) mass is 444 g/mol. The average Bonchev–Trinajstić information content (AvgIpc) is 3.44. The smallest absolute Gasteiger partial charge is 0.273 e. The van der Waals surface area contributed by atoms with E-state index in [2.05, 4.69) is 20.5 Å². The SMILES string of the molecule is O=C(NCc1ccccc1)c1cn(CC2CC(F)CN2C(=O)CCN2CCOCC2)nn1. The molecule has 1 aromatic carbocycles. The fourth-order valence-corrected chi connectivity index (χ4v) is 4.14. The van der Waals surface area contributed by atoms with E-state index in [1.54, 1.807) is 11.1 Å². The summed E-state index contributed by atoms with van der Waals surface area (Å²) in [6.07, 6.45) is 1.11. The van der Waals surface area contributed by atoms with Crippen LogP contribution in [0.2, 0.25) is 0 Å². The van der Waals surface area contributed by atoms with Crippen LogP contribution < -0.4 is 5.32 Å². The van der Waals surface area contributed by atoms with Crippen molar-refractivity contribution < 1.29 is 18.7 Å². The summed E-state index contributed by atoms with van der Waals surface area (Å²) >= 11 is 0. The lowest BCUT2D eigenvalue weighted by molar-refractivity contribution is -0.133. The molecular formula is C22H29FN6O3. The van der Waals surface area contributed by atoms with Crippen molar-refractivity contribution >= 4 is 11.8 Å². The Morgan fingerprint density at radius 2 is 1.97 bits per heavy atom. The van der Waals surface area contributed by atoms with E-state index in [1.165, 1.54) is 4.68 Å². The van der Waals surface area contributed by atoms with Gasteiger partial charge in [0.2, 0.25) is 5.91 Å². The number of carbonyl (C=O) groups excluding carboxylic acids is 2. The molecule has 0 aliphatic carbocycles. The van der Waals surface area contributed by atoms with Crippen LogP contribution in [-0.4, -0.2) is 88.2 Å². The Balaban J connectivity index is 1.29. The molecule has 2 fully saturated rings. The highest BCUT2D eigenvalue weighted by atomic mass is 19.1. The molecule has 2 aliphatic heterocycles. The predicted molar refractivity (Wildman–Crippen MR) is 115 cm³/mol. The highest BCUT2D eigenvalue weighted by Gasteiger charge is 2.35. The van der Waals surface area contributed by atoms with Crippen LogP contribution in [0.5, 0.6) is 0 Å². The number of benzene rings is 1. The maximum Gasteiger partial charge on any atom is 0.273 e. The summed E-state index contributed by atoms with van der Waals surface area (Å²) in [6.45, 7) is 4.45. The molecule has 3 heterocycles. The Hall–Kier alpha value is -2.85. The van der Waals surface area contributed by atoms with Gasteiger partial charge in [0.25, 0.3) is 5.91 Å². The first kappa shape index (κ1) is 22.3. The Morgan fingerprint density at radius 1 is 1.19 bits per heavy atom. The molecule has 4 rings (SSSR count). The van der Waals surface area contributed by atoms with Gasteiger partial charge in [-0.3, -0.25) is 14.5 Å². The second-order valence-electron chi connectivity index (χ2n) is 8.23. The first-order chi connectivity index (χ1) is 15.6. The summed E-state index contributed by atoms with van der Waals surface area (Å²) < 4.78 is 21.0. The zero-order chi connectivity index (χ0) is 22.3. The normalized spacial score (nSPS) is 21.6. The summed E-state index contributed by atoms with van der Waals surface area (Å²) in [6, 6.07) is 9.28. The zero-order valence-electron chi connectivity index (χ0n) is 18.0. The van der Waals surface area contributed by atoms with Crippen molar-refractivity contribution in [2.75, 3.05) is 39.4 Å². The van der Waals surface area contributed by atoms with E-state index in [1.807, 2.05) is 30.3 Å². The van der Waals surface area contributed by atoms with E-state index >= 15 is 0 Å². The van der Waals surface area contributed by atoms with Crippen LogP contribution in [0.15, 0.2) is 36.5 Å². The lowest BCUT2D eigenvalue weighted by Crippen LogP contribution is -2.42. The second kappa shape index (κ2) is 10.6. The molecule has 2 unspecified atom stereocenters. The number of amides is 2. The van der Waals surface area contributed by atoms with Crippen LogP contribution in [0.25, 0.3) is 0 Å². The van der Waals surface area contributed by atoms with Gasteiger partial charge in [0.15, 0.2) is 5.69 Å². The fraction of sp³-hybridized carbons (Fsp3) is 0.545. The van der Waals surface area contributed by atoms with Crippen LogP contribution in [-0.2, 0) is 22.6 Å². The van der Waals surface area contributed by atoms with Gasteiger partial charge in [-0.1, -0.05) is 35.5 Å². The van der Waals surface area contributed by atoms with Gasteiger partial charge in [0.05, 0.1) is 38.5 Å². The van der Waals surface area contributed by atoms with Crippen molar-refractivity contribution in [1.29, 1.82) is 0 Å². The van der Waals surface area contributed by atoms with E-state index in [9.17, 15) is 14.0 Å². The Bertz CT molecular complexity index is 902. The van der Waals surface area contributed by atoms with Crippen LogP contribution in [0.3, 0.4) is 0 Å². The lowest BCUT2D eigenvalue weighted by atomic mass is 10.2. The summed E-state index contributed by atoms with van der Waals surface area (Å²) in [5.74, 6) is -0.379. The molecule has 32 heavy (non-hydrogen) atoms. The van der Waals surface area contributed by atoms with Crippen molar-refractivity contribution in [1.82, 2.24) is 30.1 Å². The molecule has 2 aliphatic rings. The van der Waals surface area contributed by atoms with Gasteiger partial charge in [-0.15, -0.1) is 5.10 Å². The number of alkyl halides is 1. The molecule has 9 nitrogen and oxygen atoms in total. The van der Waals surface area contributed by atoms with Gasteiger partial charge in [-0.25, -0.2) is 9.07 Å². The third-order valence-corrected chi connectivity index (χ3v) is 5.89. The Morgan fingerprint density at radius 3 is 2.75 bits per heavy atom.